The van der Waals surface area contributed by atoms with Crippen LogP contribution in [0.2, 0.25) is 0 Å². The Labute approximate surface area is 203 Å². The lowest BCUT2D eigenvalue weighted by atomic mass is 9.89. The van der Waals surface area contributed by atoms with Gasteiger partial charge < -0.3 is 28.8 Å². The van der Waals surface area contributed by atoms with Gasteiger partial charge in [0.25, 0.3) is 0 Å². The second-order valence-corrected chi connectivity index (χ2v) is 9.77. The maximum Gasteiger partial charge on any atom is 0.222 e. The SMILES string of the molecule is CC(=O)Nc1cc2c(-c3cc(O[C@@H](C)C4COC4)c4c(n3)C3(CCOC3)OCC4)cn(C)c2cn1. The van der Waals surface area contributed by atoms with E-state index in [1.807, 2.05) is 23.9 Å². The molecule has 2 saturated heterocycles. The number of ether oxygens (including phenoxy) is 4. The van der Waals surface area contributed by atoms with Crippen molar-refractivity contribution in [3.05, 3.63) is 35.8 Å². The van der Waals surface area contributed by atoms with Crippen LogP contribution in [0.4, 0.5) is 5.82 Å². The topological polar surface area (TPSA) is 96.7 Å². The molecule has 1 unspecified atom stereocenters. The molecule has 6 heterocycles. The summed E-state index contributed by atoms with van der Waals surface area (Å²) in [5, 5.41) is 3.74. The number of anilines is 1. The van der Waals surface area contributed by atoms with Crippen LogP contribution in [0.15, 0.2) is 24.5 Å². The molecule has 3 aromatic rings. The predicted octanol–water partition coefficient (Wildman–Crippen LogP) is 3.20. The van der Waals surface area contributed by atoms with Gasteiger partial charge in [-0.05, 0) is 13.0 Å². The first kappa shape index (κ1) is 22.5. The normalized spacial score (nSPS) is 22.7. The third-order valence-corrected chi connectivity index (χ3v) is 7.33. The second-order valence-electron chi connectivity index (χ2n) is 9.77. The number of pyridine rings is 2. The number of hydrogen-bond acceptors (Lipinski definition) is 7. The summed E-state index contributed by atoms with van der Waals surface area (Å²) in [7, 11) is 1.98. The van der Waals surface area contributed by atoms with Gasteiger partial charge in [0.05, 0.1) is 49.5 Å². The van der Waals surface area contributed by atoms with E-state index in [2.05, 4.69) is 23.3 Å². The van der Waals surface area contributed by atoms with E-state index in [0.717, 1.165) is 65.2 Å². The van der Waals surface area contributed by atoms with Crippen molar-refractivity contribution >= 4 is 22.6 Å². The Morgan fingerprint density at radius 3 is 2.86 bits per heavy atom. The number of fused-ring (bicyclic) bond motifs is 3. The van der Waals surface area contributed by atoms with Gasteiger partial charge in [-0.15, -0.1) is 0 Å². The summed E-state index contributed by atoms with van der Waals surface area (Å²) in [6.45, 7) is 6.80. The molecule has 3 aromatic heterocycles. The number of nitrogens with one attached hydrogen (secondary N) is 1. The molecule has 0 aromatic carbocycles. The Bertz CT molecular complexity index is 1290. The molecule has 1 N–H and O–H groups in total. The zero-order chi connectivity index (χ0) is 24.2. The van der Waals surface area contributed by atoms with Crippen LogP contribution in [0.25, 0.3) is 22.2 Å². The zero-order valence-corrected chi connectivity index (χ0v) is 20.3. The van der Waals surface area contributed by atoms with E-state index in [1.54, 1.807) is 6.20 Å². The van der Waals surface area contributed by atoms with Crippen LogP contribution in [0, 0.1) is 5.92 Å². The summed E-state index contributed by atoms with van der Waals surface area (Å²) in [5.74, 6) is 1.59. The summed E-state index contributed by atoms with van der Waals surface area (Å²) >= 11 is 0. The van der Waals surface area contributed by atoms with Gasteiger partial charge in [0.15, 0.2) is 0 Å². The van der Waals surface area contributed by atoms with Crippen molar-refractivity contribution < 1.29 is 23.7 Å². The number of aromatic nitrogens is 3. The van der Waals surface area contributed by atoms with Crippen LogP contribution in [0.3, 0.4) is 0 Å². The van der Waals surface area contributed by atoms with E-state index >= 15 is 0 Å². The van der Waals surface area contributed by atoms with Crippen molar-refractivity contribution in [1.29, 1.82) is 0 Å². The lowest BCUT2D eigenvalue weighted by Crippen LogP contribution is -2.40. The Morgan fingerprint density at radius 2 is 2.14 bits per heavy atom. The van der Waals surface area contributed by atoms with Gasteiger partial charge in [-0.1, -0.05) is 0 Å². The Hall–Kier alpha value is -3.01. The molecule has 0 aliphatic carbocycles. The monoisotopic (exact) mass is 478 g/mol. The van der Waals surface area contributed by atoms with Gasteiger partial charge in [-0.3, -0.25) is 4.79 Å². The molecular weight excluding hydrogens is 448 g/mol. The highest BCUT2D eigenvalue weighted by Gasteiger charge is 2.45. The van der Waals surface area contributed by atoms with Crippen molar-refractivity contribution in [1.82, 2.24) is 14.5 Å². The molecule has 9 nitrogen and oxygen atoms in total. The maximum absolute atomic E-state index is 11.6. The second kappa shape index (κ2) is 8.58. The summed E-state index contributed by atoms with van der Waals surface area (Å²) in [4.78, 5) is 21.2. The largest absolute Gasteiger partial charge is 0.490 e. The number of rotatable bonds is 5. The number of carbonyl (C=O) groups excluding carboxylic acids is 1. The molecule has 0 saturated carbocycles. The lowest BCUT2D eigenvalue weighted by molar-refractivity contribution is -0.114. The molecule has 3 aliphatic rings. The fourth-order valence-electron chi connectivity index (χ4n) is 5.23. The van der Waals surface area contributed by atoms with Gasteiger partial charge in [0, 0.05) is 68.1 Å². The van der Waals surface area contributed by atoms with E-state index in [4.69, 9.17) is 23.9 Å². The fraction of sp³-hybridized carbons (Fsp3) is 0.500. The molecule has 0 radical (unpaired) electrons. The maximum atomic E-state index is 11.6. The third kappa shape index (κ3) is 3.87. The minimum absolute atomic E-state index is 0.0322. The van der Waals surface area contributed by atoms with Gasteiger partial charge in [-0.2, -0.15) is 0 Å². The van der Waals surface area contributed by atoms with Crippen molar-refractivity contribution in [2.45, 2.75) is 38.4 Å². The smallest absolute Gasteiger partial charge is 0.222 e. The molecule has 2 fully saturated rings. The molecular formula is C26H30N4O5. The van der Waals surface area contributed by atoms with E-state index in [1.165, 1.54) is 6.92 Å². The molecule has 1 amide bonds. The van der Waals surface area contributed by atoms with Crippen molar-refractivity contribution in [3.8, 4) is 17.0 Å². The quantitative estimate of drug-likeness (QED) is 0.602. The van der Waals surface area contributed by atoms with Crippen molar-refractivity contribution in [2.24, 2.45) is 13.0 Å². The summed E-state index contributed by atoms with van der Waals surface area (Å²) < 4.78 is 26.1. The Balaban J connectivity index is 1.51. The first-order valence-electron chi connectivity index (χ1n) is 12.2. The zero-order valence-electron chi connectivity index (χ0n) is 20.3. The number of carbonyl (C=O) groups is 1. The van der Waals surface area contributed by atoms with Gasteiger partial charge in [0.1, 0.15) is 23.3 Å². The predicted molar refractivity (Wildman–Crippen MR) is 129 cm³/mol. The summed E-state index contributed by atoms with van der Waals surface area (Å²) in [6, 6.07) is 3.95. The van der Waals surface area contributed by atoms with Crippen LogP contribution < -0.4 is 10.1 Å². The number of amides is 1. The van der Waals surface area contributed by atoms with Crippen molar-refractivity contribution in [3.63, 3.8) is 0 Å². The van der Waals surface area contributed by atoms with E-state index in [9.17, 15) is 4.79 Å². The van der Waals surface area contributed by atoms with Crippen LogP contribution >= 0.6 is 0 Å². The molecule has 2 atom stereocenters. The average molecular weight is 479 g/mol. The fourth-order valence-corrected chi connectivity index (χ4v) is 5.23. The minimum Gasteiger partial charge on any atom is -0.490 e. The minimum atomic E-state index is -0.544. The summed E-state index contributed by atoms with van der Waals surface area (Å²) in [5.41, 5.74) is 4.18. The molecule has 1 spiro atoms. The summed E-state index contributed by atoms with van der Waals surface area (Å²) in [6.07, 6.45) is 5.37. The Kier molecular flexibility index (Phi) is 5.51. The highest BCUT2D eigenvalue weighted by molar-refractivity contribution is 5.98. The van der Waals surface area contributed by atoms with E-state index in [-0.39, 0.29) is 12.0 Å². The first-order chi connectivity index (χ1) is 16.9. The number of nitrogens with zero attached hydrogens (tertiary/aromatic N) is 3. The first-order valence-corrected chi connectivity index (χ1v) is 12.2. The van der Waals surface area contributed by atoms with Crippen LogP contribution in [0.5, 0.6) is 5.75 Å². The Morgan fingerprint density at radius 1 is 1.29 bits per heavy atom. The van der Waals surface area contributed by atoms with Gasteiger partial charge in [0.2, 0.25) is 5.91 Å². The molecule has 35 heavy (non-hydrogen) atoms. The van der Waals surface area contributed by atoms with Gasteiger partial charge in [-0.25, -0.2) is 9.97 Å². The van der Waals surface area contributed by atoms with Crippen molar-refractivity contribution in [2.75, 3.05) is 38.4 Å². The van der Waals surface area contributed by atoms with E-state index < -0.39 is 5.60 Å². The van der Waals surface area contributed by atoms with Crippen LogP contribution in [-0.2, 0) is 38.1 Å². The van der Waals surface area contributed by atoms with Gasteiger partial charge >= 0.3 is 0 Å². The van der Waals surface area contributed by atoms with Crippen LogP contribution in [-0.4, -0.2) is 59.6 Å². The van der Waals surface area contributed by atoms with E-state index in [0.29, 0.717) is 31.6 Å². The average Bonchev–Trinajstić information content (AvgIpc) is 3.38. The highest BCUT2D eigenvalue weighted by Crippen LogP contribution is 2.44. The third-order valence-electron chi connectivity index (χ3n) is 7.33. The molecule has 6 rings (SSSR count). The number of aryl methyl sites for hydroxylation is 1. The highest BCUT2D eigenvalue weighted by atomic mass is 16.6. The molecule has 184 valence electrons. The number of hydrogen-bond donors (Lipinski definition) is 1. The lowest BCUT2D eigenvalue weighted by Gasteiger charge is -2.36. The standard InChI is InChI=1S/C26H30N4O5/c1-15(17-12-33-13-17)35-23-9-21(29-25-18(23)4-6-34-26(25)5-7-32-14-26)20-11-30(3)22-10-27-24(8-19(20)22)28-16(2)31/h8-11,15,17H,4-7,12-14H2,1-3H3,(H,27,28,31)/t15-,26?/m0/s1. The molecule has 3 aliphatic heterocycles. The molecule has 9 heteroatoms. The van der Waals surface area contributed by atoms with Crippen LogP contribution in [0.1, 0.15) is 31.5 Å². The molecule has 0 bridgehead atoms.